The zero-order chi connectivity index (χ0) is 43.0. The van der Waals surface area contributed by atoms with E-state index in [2.05, 4.69) is 13.8 Å². The lowest BCUT2D eigenvalue weighted by atomic mass is 10.0. The van der Waals surface area contributed by atoms with Crippen LogP contribution in [0.4, 0.5) is 0 Å². The predicted molar refractivity (Wildman–Crippen MR) is 252 cm³/mol. The van der Waals surface area contributed by atoms with Gasteiger partial charge in [0.25, 0.3) is 0 Å². The zero-order valence-corrected chi connectivity index (χ0v) is 40.4. The van der Waals surface area contributed by atoms with Crippen molar-refractivity contribution in [2.24, 2.45) is 5.73 Å². The third-order valence-corrected chi connectivity index (χ3v) is 12.8. The van der Waals surface area contributed by atoms with Crippen molar-refractivity contribution in [3.63, 3.8) is 0 Å². The van der Waals surface area contributed by atoms with Crippen LogP contribution in [0.2, 0.25) is 0 Å². The number of carbonyl (C=O) groups excluding carboxylic acids is 1. The molecule has 0 heterocycles. The number of phosphoric acid groups is 1. The summed E-state index contributed by atoms with van der Waals surface area (Å²) in [7, 11) is -4.27. The fourth-order valence-electron chi connectivity index (χ4n) is 7.94. The number of unbranched alkanes of at least 4 members (excludes halogenated alkanes) is 38. The lowest BCUT2D eigenvalue weighted by Gasteiger charge is -2.20. The second-order valence-electron chi connectivity index (χ2n) is 17.8. The fraction of sp³-hybridized carbons (Fsp3) is 0.980. The van der Waals surface area contributed by atoms with Crippen molar-refractivity contribution in [1.82, 2.24) is 0 Å². The number of carbonyl (C=O) groups is 1. The summed E-state index contributed by atoms with van der Waals surface area (Å²) in [5.41, 5.74) is 5.39. The quantitative estimate of drug-likeness (QED) is 0.0353. The van der Waals surface area contributed by atoms with Gasteiger partial charge in [-0.3, -0.25) is 13.8 Å². The first-order valence-electron chi connectivity index (χ1n) is 26.0. The summed E-state index contributed by atoms with van der Waals surface area (Å²) >= 11 is 0. The van der Waals surface area contributed by atoms with Crippen LogP contribution in [0.15, 0.2) is 0 Å². The van der Waals surface area contributed by atoms with Crippen LogP contribution in [-0.2, 0) is 27.9 Å². The van der Waals surface area contributed by atoms with Gasteiger partial charge in [0.1, 0.15) is 6.10 Å². The van der Waals surface area contributed by atoms with Gasteiger partial charge in [0, 0.05) is 19.6 Å². The number of nitrogens with two attached hydrogens (primary N) is 1. The Morgan fingerprint density at radius 1 is 0.441 bits per heavy atom. The van der Waals surface area contributed by atoms with Crippen LogP contribution < -0.4 is 5.73 Å². The van der Waals surface area contributed by atoms with Crippen molar-refractivity contribution in [1.29, 1.82) is 0 Å². The van der Waals surface area contributed by atoms with Gasteiger partial charge in [-0.1, -0.05) is 258 Å². The molecular weight excluding hydrogens is 758 g/mol. The Morgan fingerprint density at radius 3 is 1.07 bits per heavy atom. The summed E-state index contributed by atoms with van der Waals surface area (Å²) in [6.07, 6.45) is 52.8. The van der Waals surface area contributed by atoms with Crippen molar-refractivity contribution in [2.75, 3.05) is 33.0 Å². The monoisotopic (exact) mass is 860 g/mol. The summed E-state index contributed by atoms with van der Waals surface area (Å²) in [6.45, 7) is 5.01. The standard InChI is InChI=1S/C50H102NO7P/c1-3-5-7-9-11-13-15-17-19-21-23-24-26-28-30-32-34-36-38-40-42-45-55-47-49(48-57-59(53,54)56-46-44-51)58-50(52)43-41-39-37-35-33-31-29-27-25-22-20-18-16-14-12-10-8-6-4-2/h49H,3-48,51H2,1-2H3,(H,53,54). The smallest absolute Gasteiger partial charge is 0.457 e. The third-order valence-electron chi connectivity index (χ3n) is 11.8. The van der Waals surface area contributed by atoms with Crippen LogP contribution >= 0.6 is 7.82 Å². The van der Waals surface area contributed by atoms with E-state index >= 15 is 0 Å². The van der Waals surface area contributed by atoms with Gasteiger partial charge in [0.15, 0.2) is 0 Å². The Morgan fingerprint density at radius 2 is 0.746 bits per heavy atom. The lowest BCUT2D eigenvalue weighted by Crippen LogP contribution is -2.28. The Hall–Kier alpha value is -0.500. The molecule has 0 amide bonds. The first-order chi connectivity index (χ1) is 28.9. The van der Waals surface area contributed by atoms with Crippen LogP contribution in [0.3, 0.4) is 0 Å². The van der Waals surface area contributed by atoms with E-state index in [0.29, 0.717) is 13.0 Å². The molecule has 0 aromatic carbocycles. The highest BCUT2D eigenvalue weighted by atomic mass is 31.2. The molecule has 0 fully saturated rings. The summed E-state index contributed by atoms with van der Waals surface area (Å²) in [5, 5.41) is 0. The van der Waals surface area contributed by atoms with E-state index in [9.17, 15) is 14.3 Å². The number of hydrogen-bond donors (Lipinski definition) is 2. The summed E-state index contributed by atoms with van der Waals surface area (Å²) < 4.78 is 33.6. The van der Waals surface area contributed by atoms with Crippen LogP contribution in [0.25, 0.3) is 0 Å². The van der Waals surface area contributed by atoms with Crippen LogP contribution in [0.5, 0.6) is 0 Å². The molecule has 2 atom stereocenters. The van der Waals surface area contributed by atoms with Gasteiger partial charge in [-0.05, 0) is 12.8 Å². The maximum Gasteiger partial charge on any atom is 0.472 e. The van der Waals surface area contributed by atoms with Crippen molar-refractivity contribution in [3.8, 4) is 0 Å². The van der Waals surface area contributed by atoms with E-state index < -0.39 is 13.9 Å². The number of ether oxygens (including phenoxy) is 2. The molecule has 0 aliphatic heterocycles. The first-order valence-corrected chi connectivity index (χ1v) is 27.5. The maximum atomic E-state index is 12.6. The number of rotatable bonds is 51. The minimum Gasteiger partial charge on any atom is -0.457 e. The van der Waals surface area contributed by atoms with E-state index in [-0.39, 0.29) is 32.3 Å². The number of hydrogen-bond acceptors (Lipinski definition) is 7. The molecule has 0 saturated carbocycles. The van der Waals surface area contributed by atoms with Crippen molar-refractivity contribution in [3.05, 3.63) is 0 Å². The van der Waals surface area contributed by atoms with Crippen LogP contribution in [0.1, 0.15) is 277 Å². The van der Waals surface area contributed by atoms with Gasteiger partial charge in [-0.2, -0.15) is 0 Å². The average Bonchev–Trinajstić information content (AvgIpc) is 3.23. The molecule has 3 N–H and O–H groups in total. The topological polar surface area (TPSA) is 117 Å². The zero-order valence-electron chi connectivity index (χ0n) is 39.5. The predicted octanol–water partition coefficient (Wildman–Crippen LogP) is 16.0. The fourth-order valence-corrected chi connectivity index (χ4v) is 8.71. The van der Waals surface area contributed by atoms with Gasteiger partial charge < -0.3 is 20.1 Å². The number of phosphoric ester groups is 1. The molecule has 0 bridgehead atoms. The highest BCUT2D eigenvalue weighted by Crippen LogP contribution is 2.43. The molecule has 0 aromatic heterocycles. The molecule has 8 nitrogen and oxygen atoms in total. The van der Waals surface area contributed by atoms with Crippen molar-refractivity contribution >= 4 is 13.8 Å². The molecule has 59 heavy (non-hydrogen) atoms. The Bertz CT molecular complexity index is 878. The molecule has 0 radical (unpaired) electrons. The normalized spacial score (nSPS) is 13.2. The van der Waals surface area contributed by atoms with Crippen molar-refractivity contribution < 1.29 is 32.8 Å². The molecule has 0 spiro atoms. The SMILES string of the molecule is CCCCCCCCCCCCCCCCCCCCCCCOCC(COP(=O)(O)OCCN)OC(=O)CCCCCCCCCCCCCCCCCCCCC. The minimum absolute atomic E-state index is 0.0897. The molecule has 354 valence electrons. The van der Waals surface area contributed by atoms with E-state index in [1.54, 1.807) is 0 Å². The van der Waals surface area contributed by atoms with Crippen molar-refractivity contribution in [2.45, 2.75) is 283 Å². The molecule has 0 aliphatic carbocycles. The second-order valence-corrected chi connectivity index (χ2v) is 19.2. The van der Waals surface area contributed by atoms with E-state index in [4.69, 9.17) is 24.3 Å². The molecular formula is C50H102NO7P. The van der Waals surface area contributed by atoms with Gasteiger partial charge in [0.2, 0.25) is 0 Å². The average molecular weight is 860 g/mol. The van der Waals surface area contributed by atoms with E-state index in [1.165, 1.54) is 225 Å². The summed E-state index contributed by atoms with van der Waals surface area (Å²) in [4.78, 5) is 22.6. The molecule has 2 unspecified atom stereocenters. The van der Waals surface area contributed by atoms with Crippen LogP contribution in [-0.4, -0.2) is 49.9 Å². The first kappa shape index (κ1) is 58.5. The molecule has 0 rings (SSSR count). The van der Waals surface area contributed by atoms with E-state index in [1.807, 2.05) is 0 Å². The summed E-state index contributed by atoms with van der Waals surface area (Å²) in [5.74, 6) is -0.320. The highest BCUT2D eigenvalue weighted by Gasteiger charge is 2.25. The van der Waals surface area contributed by atoms with Gasteiger partial charge in [0.05, 0.1) is 19.8 Å². The van der Waals surface area contributed by atoms with E-state index in [0.717, 1.165) is 32.1 Å². The number of esters is 1. The minimum atomic E-state index is -4.27. The lowest BCUT2D eigenvalue weighted by molar-refractivity contribution is -0.154. The maximum absolute atomic E-state index is 12.6. The largest absolute Gasteiger partial charge is 0.472 e. The molecule has 0 aliphatic rings. The molecule has 9 heteroatoms. The second kappa shape index (κ2) is 48.5. The Labute approximate surface area is 367 Å². The van der Waals surface area contributed by atoms with Crippen LogP contribution in [0, 0.1) is 0 Å². The summed E-state index contributed by atoms with van der Waals surface area (Å²) in [6, 6.07) is 0. The highest BCUT2D eigenvalue weighted by molar-refractivity contribution is 7.47. The third kappa shape index (κ3) is 48.4. The Kier molecular flexibility index (Phi) is 48.1. The van der Waals surface area contributed by atoms with Gasteiger partial charge in [-0.15, -0.1) is 0 Å². The molecule has 0 aromatic rings. The Balaban J connectivity index is 3.87. The van der Waals surface area contributed by atoms with Gasteiger partial charge >= 0.3 is 13.8 Å². The van der Waals surface area contributed by atoms with Gasteiger partial charge in [-0.25, -0.2) is 4.57 Å². The molecule has 0 saturated heterocycles.